The Labute approximate surface area is 106 Å². The maximum atomic E-state index is 13.3. The standard InChI is InChI=1S/C11H13ClFNO.ClH/c12-10-2-1-3-11(13)9(10)7-15-8-4-5-14-6-8;/h1-3,8,14H,4-7H2;1H/t8-;/m0./s1. The van der Waals surface area contributed by atoms with Gasteiger partial charge in [-0.15, -0.1) is 12.4 Å². The van der Waals surface area contributed by atoms with Crippen molar-refractivity contribution in [1.82, 2.24) is 5.32 Å². The zero-order chi connectivity index (χ0) is 10.7. The molecule has 16 heavy (non-hydrogen) atoms. The number of ether oxygens (including phenoxy) is 1. The maximum Gasteiger partial charge on any atom is 0.130 e. The molecular formula is C11H14Cl2FNO. The van der Waals surface area contributed by atoms with Gasteiger partial charge in [0.05, 0.1) is 12.7 Å². The van der Waals surface area contributed by atoms with Crippen LogP contribution in [0.3, 0.4) is 0 Å². The van der Waals surface area contributed by atoms with Gasteiger partial charge in [0.15, 0.2) is 0 Å². The fourth-order valence-corrected chi connectivity index (χ4v) is 1.86. The Hall–Kier alpha value is -0.350. The first-order valence-corrected chi connectivity index (χ1v) is 5.40. The molecule has 1 aliphatic rings. The highest BCUT2D eigenvalue weighted by Gasteiger charge is 2.16. The molecule has 90 valence electrons. The second kappa shape index (κ2) is 6.40. The molecule has 1 N–H and O–H groups in total. The number of hydrogen-bond donors (Lipinski definition) is 1. The molecule has 5 heteroatoms. The van der Waals surface area contributed by atoms with Gasteiger partial charge in [-0.2, -0.15) is 0 Å². The highest BCUT2D eigenvalue weighted by molar-refractivity contribution is 6.31. The molecule has 1 saturated heterocycles. The Balaban J connectivity index is 0.00000128. The number of nitrogens with one attached hydrogen (secondary N) is 1. The van der Waals surface area contributed by atoms with E-state index in [0.717, 1.165) is 19.5 Å². The summed E-state index contributed by atoms with van der Waals surface area (Å²) in [6.07, 6.45) is 1.16. The molecule has 1 aromatic carbocycles. The molecule has 0 saturated carbocycles. The third kappa shape index (κ3) is 3.32. The quantitative estimate of drug-likeness (QED) is 0.908. The largest absolute Gasteiger partial charge is 0.372 e. The summed E-state index contributed by atoms with van der Waals surface area (Å²) in [5, 5.41) is 3.62. The second-order valence-corrected chi connectivity index (χ2v) is 4.03. The minimum Gasteiger partial charge on any atom is -0.372 e. The Bertz CT molecular complexity index is 323. The summed E-state index contributed by atoms with van der Waals surface area (Å²) >= 11 is 5.88. The van der Waals surface area contributed by atoms with Crippen molar-refractivity contribution in [3.05, 3.63) is 34.6 Å². The molecule has 0 aliphatic carbocycles. The Morgan fingerprint density at radius 1 is 1.50 bits per heavy atom. The van der Waals surface area contributed by atoms with Crippen molar-refractivity contribution in [2.45, 2.75) is 19.1 Å². The number of rotatable bonds is 3. The van der Waals surface area contributed by atoms with E-state index in [0.29, 0.717) is 10.6 Å². The van der Waals surface area contributed by atoms with Gasteiger partial charge in [0, 0.05) is 17.1 Å². The molecule has 0 bridgehead atoms. The molecule has 1 fully saturated rings. The monoisotopic (exact) mass is 265 g/mol. The summed E-state index contributed by atoms with van der Waals surface area (Å²) in [7, 11) is 0. The van der Waals surface area contributed by atoms with Crippen LogP contribution in [0.4, 0.5) is 4.39 Å². The van der Waals surface area contributed by atoms with Gasteiger partial charge >= 0.3 is 0 Å². The lowest BCUT2D eigenvalue weighted by Gasteiger charge is -2.11. The zero-order valence-corrected chi connectivity index (χ0v) is 10.3. The molecule has 2 rings (SSSR count). The number of benzene rings is 1. The van der Waals surface area contributed by atoms with Crippen LogP contribution in [-0.2, 0) is 11.3 Å². The topological polar surface area (TPSA) is 21.3 Å². The van der Waals surface area contributed by atoms with Gasteiger partial charge < -0.3 is 10.1 Å². The zero-order valence-electron chi connectivity index (χ0n) is 8.71. The number of halogens is 3. The summed E-state index contributed by atoms with van der Waals surface area (Å²) in [5.41, 5.74) is 0.450. The van der Waals surface area contributed by atoms with Crippen molar-refractivity contribution < 1.29 is 9.13 Å². The lowest BCUT2D eigenvalue weighted by atomic mass is 10.2. The van der Waals surface area contributed by atoms with Crippen molar-refractivity contribution >= 4 is 24.0 Å². The highest BCUT2D eigenvalue weighted by Crippen LogP contribution is 2.20. The van der Waals surface area contributed by atoms with Crippen LogP contribution in [0.1, 0.15) is 12.0 Å². The average molecular weight is 266 g/mol. The number of hydrogen-bond acceptors (Lipinski definition) is 2. The molecule has 1 atom stereocenters. The maximum absolute atomic E-state index is 13.3. The van der Waals surface area contributed by atoms with Crippen LogP contribution in [-0.4, -0.2) is 19.2 Å². The molecule has 0 unspecified atom stereocenters. The highest BCUT2D eigenvalue weighted by atomic mass is 35.5. The van der Waals surface area contributed by atoms with E-state index in [9.17, 15) is 4.39 Å². The van der Waals surface area contributed by atoms with Crippen LogP contribution in [0.15, 0.2) is 18.2 Å². The minimum absolute atomic E-state index is 0. The minimum atomic E-state index is -0.298. The first-order chi connectivity index (χ1) is 7.27. The van der Waals surface area contributed by atoms with E-state index in [-0.39, 0.29) is 30.9 Å². The van der Waals surface area contributed by atoms with E-state index >= 15 is 0 Å². The van der Waals surface area contributed by atoms with Gasteiger partial charge in [-0.1, -0.05) is 17.7 Å². The average Bonchev–Trinajstić information content (AvgIpc) is 2.70. The van der Waals surface area contributed by atoms with E-state index in [4.69, 9.17) is 16.3 Å². The summed E-state index contributed by atoms with van der Waals surface area (Å²) in [4.78, 5) is 0. The summed E-state index contributed by atoms with van der Waals surface area (Å²) in [6.45, 7) is 2.06. The van der Waals surface area contributed by atoms with Gasteiger partial charge in [-0.05, 0) is 25.1 Å². The molecule has 0 amide bonds. The summed E-state index contributed by atoms with van der Waals surface area (Å²) < 4.78 is 18.9. The molecule has 1 aliphatic heterocycles. The predicted molar refractivity (Wildman–Crippen MR) is 64.7 cm³/mol. The van der Waals surface area contributed by atoms with E-state index in [2.05, 4.69) is 5.32 Å². The van der Waals surface area contributed by atoms with E-state index < -0.39 is 0 Å². The molecule has 0 aromatic heterocycles. The molecule has 0 spiro atoms. The summed E-state index contributed by atoms with van der Waals surface area (Å²) in [5.74, 6) is -0.298. The lowest BCUT2D eigenvalue weighted by Crippen LogP contribution is -2.16. The van der Waals surface area contributed by atoms with Gasteiger partial charge in [-0.25, -0.2) is 4.39 Å². The fraction of sp³-hybridized carbons (Fsp3) is 0.455. The second-order valence-electron chi connectivity index (χ2n) is 3.63. The first kappa shape index (κ1) is 13.7. The van der Waals surface area contributed by atoms with Crippen molar-refractivity contribution in [2.24, 2.45) is 0 Å². The smallest absolute Gasteiger partial charge is 0.130 e. The molecule has 1 heterocycles. The van der Waals surface area contributed by atoms with E-state index in [1.165, 1.54) is 6.07 Å². The van der Waals surface area contributed by atoms with Crippen LogP contribution < -0.4 is 5.32 Å². The lowest BCUT2D eigenvalue weighted by molar-refractivity contribution is 0.0526. The molecule has 0 radical (unpaired) electrons. The predicted octanol–water partition coefficient (Wildman–Crippen LogP) is 2.78. The van der Waals surface area contributed by atoms with Crippen molar-refractivity contribution in [1.29, 1.82) is 0 Å². The Morgan fingerprint density at radius 3 is 2.94 bits per heavy atom. The molecular weight excluding hydrogens is 252 g/mol. The van der Waals surface area contributed by atoms with Crippen LogP contribution >= 0.6 is 24.0 Å². The van der Waals surface area contributed by atoms with Crippen LogP contribution in [0.5, 0.6) is 0 Å². The van der Waals surface area contributed by atoms with Crippen LogP contribution in [0.25, 0.3) is 0 Å². The third-order valence-corrected chi connectivity index (χ3v) is 2.89. The van der Waals surface area contributed by atoms with Crippen molar-refractivity contribution in [3.63, 3.8) is 0 Å². The molecule has 2 nitrogen and oxygen atoms in total. The Morgan fingerprint density at radius 2 is 2.31 bits per heavy atom. The van der Waals surface area contributed by atoms with Gasteiger partial charge in [0.1, 0.15) is 5.82 Å². The fourth-order valence-electron chi connectivity index (χ4n) is 1.64. The first-order valence-electron chi connectivity index (χ1n) is 5.02. The SMILES string of the molecule is Cl.Fc1cccc(Cl)c1CO[C@H]1CCNC1. The summed E-state index contributed by atoms with van der Waals surface area (Å²) in [6, 6.07) is 4.67. The van der Waals surface area contributed by atoms with E-state index in [1.807, 2.05) is 0 Å². The Kier molecular flexibility index (Phi) is 5.49. The van der Waals surface area contributed by atoms with Gasteiger partial charge in [0.25, 0.3) is 0 Å². The van der Waals surface area contributed by atoms with Crippen LogP contribution in [0.2, 0.25) is 5.02 Å². The van der Waals surface area contributed by atoms with Crippen molar-refractivity contribution in [2.75, 3.05) is 13.1 Å². The van der Waals surface area contributed by atoms with Crippen molar-refractivity contribution in [3.8, 4) is 0 Å². The van der Waals surface area contributed by atoms with E-state index in [1.54, 1.807) is 12.1 Å². The van der Waals surface area contributed by atoms with Gasteiger partial charge in [0.2, 0.25) is 0 Å². The van der Waals surface area contributed by atoms with Crippen LogP contribution in [0, 0.1) is 5.82 Å². The third-order valence-electron chi connectivity index (χ3n) is 2.54. The van der Waals surface area contributed by atoms with Gasteiger partial charge in [-0.3, -0.25) is 0 Å². The molecule has 1 aromatic rings. The normalized spacial score (nSPS) is 19.5.